The maximum atomic E-state index is 5.76. The molecule has 0 saturated carbocycles. The SMILES string of the molecule is COc1nc(N(C)C(C)C(C)(C)C)ccc1N. The van der Waals surface area contributed by atoms with Crippen LogP contribution in [0.3, 0.4) is 0 Å². The summed E-state index contributed by atoms with van der Waals surface area (Å²) in [5.41, 5.74) is 6.50. The molecule has 1 atom stereocenters. The van der Waals surface area contributed by atoms with Gasteiger partial charge < -0.3 is 15.4 Å². The number of hydrogen-bond acceptors (Lipinski definition) is 4. The lowest BCUT2D eigenvalue weighted by Gasteiger charge is -2.36. The Labute approximate surface area is 104 Å². The minimum atomic E-state index is 0.186. The van der Waals surface area contributed by atoms with Gasteiger partial charge in [0.25, 0.3) is 0 Å². The highest BCUT2D eigenvalue weighted by Gasteiger charge is 2.25. The summed E-state index contributed by atoms with van der Waals surface area (Å²) in [5, 5.41) is 0. The Balaban J connectivity index is 3.00. The number of pyridine rings is 1. The Morgan fingerprint density at radius 1 is 1.35 bits per heavy atom. The monoisotopic (exact) mass is 237 g/mol. The van der Waals surface area contributed by atoms with Gasteiger partial charge in [-0.25, -0.2) is 0 Å². The lowest BCUT2D eigenvalue weighted by Crippen LogP contribution is -2.39. The van der Waals surface area contributed by atoms with Crippen molar-refractivity contribution < 1.29 is 4.74 Å². The van der Waals surface area contributed by atoms with E-state index in [0.717, 1.165) is 5.82 Å². The number of hydrogen-bond donors (Lipinski definition) is 1. The molecule has 96 valence electrons. The Kier molecular flexibility index (Phi) is 3.86. The number of nitrogen functional groups attached to an aromatic ring is 1. The first-order valence-electron chi connectivity index (χ1n) is 5.80. The third-order valence-electron chi connectivity index (χ3n) is 3.26. The van der Waals surface area contributed by atoms with Crippen LogP contribution in [0.4, 0.5) is 11.5 Å². The van der Waals surface area contributed by atoms with Crippen molar-refractivity contribution >= 4 is 11.5 Å². The van der Waals surface area contributed by atoms with Crippen molar-refractivity contribution in [3.05, 3.63) is 12.1 Å². The molecule has 0 radical (unpaired) electrons. The molecule has 0 aliphatic rings. The molecule has 0 aliphatic heterocycles. The van der Waals surface area contributed by atoms with Gasteiger partial charge in [0.05, 0.1) is 12.8 Å². The van der Waals surface area contributed by atoms with E-state index in [4.69, 9.17) is 10.5 Å². The summed E-state index contributed by atoms with van der Waals surface area (Å²) in [6.07, 6.45) is 0. The van der Waals surface area contributed by atoms with Crippen molar-refractivity contribution in [3.63, 3.8) is 0 Å². The Hall–Kier alpha value is -1.45. The highest BCUT2D eigenvalue weighted by atomic mass is 16.5. The van der Waals surface area contributed by atoms with E-state index < -0.39 is 0 Å². The third kappa shape index (κ3) is 3.02. The molecule has 1 aromatic heterocycles. The molecular weight excluding hydrogens is 214 g/mol. The van der Waals surface area contributed by atoms with E-state index >= 15 is 0 Å². The van der Waals surface area contributed by atoms with E-state index in [0.29, 0.717) is 17.6 Å². The molecular formula is C13H23N3O. The summed E-state index contributed by atoms with van der Waals surface area (Å²) in [5.74, 6) is 1.36. The summed E-state index contributed by atoms with van der Waals surface area (Å²) in [6.45, 7) is 8.82. The fraction of sp³-hybridized carbons (Fsp3) is 0.615. The predicted molar refractivity (Wildman–Crippen MR) is 72.5 cm³/mol. The van der Waals surface area contributed by atoms with Crippen LogP contribution in [0, 0.1) is 5.41 Å². The van der Waals surface area contributed by atoms with E-state index in [1.165, 1.54) is 0 Å². The van der Waals surface area contributed by atoms with Crippen molar-refractivity contribution in [3.8, 4) is 5.88 Å². The smallest absolute Gasteiger partial charge is 0.238 e. The van der Waals surface area contributed by atoms with Crippen LogP contribution in [0.5, 0.6) is 5.88 Å². The molecule has 1 heterocycles. The summed E-state index contributed by atoms with van der Waals surface area (Å²) in [6, 6.07) is 4.11. The van der Waals surface area contributed by atoms with Crippen LogP contribution in [-0.4, -0.2) is 25.2 Å². The second-order valence-corrected chi connectivity index (χ2v) is 5.42. The summed E-state index contributed by atoms with van der Waals surface area (Å²) >= 11 is 0. The van der Waals surface area contributed by atoms with Crippen LogP contribution in [0.1, 0.15) is 27.7 Å². The van der Waals surface area contributed by atoms with Crippen LogP contribution < -0.4 is 15.4 Å². The first-order valence-corrected chi connectivity index (χ1v) is 5.80. The summed E-state index contributed by atoms with van der Waals surface area (Å²) in [4.78, 5) is 6.54. The van der Waals surface area contributed by atoms with Gasteiger partial charge in [0.1, 0.15) is 5.82 Å². The summed E-state index contributed by atoms with van der Waals surface area (Å²) < 4.78 is 5.14. The zero-order valence-electron chi connectivity index (χ0n) is 11.6. The molecule has 17 heavy (non-hydrogen) atoms. The largest absolute Gasteiger partial charge is 0.479 e. The maximum absolute atomic E-state index is 5.76. The Morgan fingerprint density at radius 2 is 1.94 bits per heavy atom. The van der Waals surface area contributed by atoms with Gasteiger partial charge in [-0.1, -0.05) is 20.8 Å². The quantitative estimate of drug-likeness (QED) is 0.877. The average Bonchev–Trinajstić information content (AvgIpc) is 2.26. The number of aromatic nitrogens is 1. The van der Waals surface area contributed by atoms with Gasteiger partial charge >= 0.3 is 0 Å². The highest BCUT2D eigenvalue weighted by Crippen LogP contribution is 2.28. The number of ether oxygens (including phenoxy) is 1. The van der Waals surface area contributed by atoms with Crippen LogP contribution in [-0.2, 0) is 0 Å². The molecule has 1 unspecified atom stereocenters. The number of nitrogens with zero attached hydrogens (tertiary/aromatic N) is 2. The summed E-state index contributed by atoms with van der Waals surface area (Å²) in [7, 11) is 3.61. The molecule has 0 amide bonds. The van der Waals surface area contributed by atoms with Gasteiger partial charge in [-0.2, -0.15) is 4.98 Å². The zero-order chi connectivity index (χ0) is 13.2. The van der Waals surface area contributed by atoms with Crippen LogP contribution in [0.2, 0.25) is 0 Å². The van der Waals surface area contributed by atoms with E-state index in [1.54, 1.807) is 7.11 Å². The molecule has 4 heteroatoms. The van der Waals surface area contributed by atoms with E-state index in [1.807, 2.05) is 19.2 Å². The lowest BCUT2D eigenvalue weighted by molar-refractivity contribution is 0.327. The average molecular weight is 237 g/mol. The molecule has 0 spiro atoms. The minimum Gasteiger partial charge on any atom is -0.479 e. The zero-order valence-corrected chi connectivity index (χ0v) is 11.6. The number of anilines is 2. The second-order valence-electron chi connectivity index (χ2n) is 5.42. The predicted octanol–water partition coefficient (Wildman–Crippen LogP) is 2.54. The third-order valence-corrected chi connectivity index (χ3v) is 3.26. The van der Waals surface area contributed by atoms with Crippen molar-refractivity contribution in [2.45, 2.75) is 33.7 Å². The van der Waals surface area contributed by atoms with Crippen LogP contribution in [0.25, 0.3) is 0 Å². The van der Waals surface area contributed by atoms with Crippen LogP contribution >= 0.6 is 0 Å². The van der Waals surface area contributed by atoms with Crippen molar-refractivity contribution in [2.75, 3.05) is 24.8 Å². The van der Waals surface area contributed by atoms with Gasteiger partial charge in [0.15, 0.2) is 0 Å². The molecule has 0 saturated heterocycles. The number of methoxy groups -OCH3 is 1. The van der Waals surface area contributed by atoms with Crippen molar-refractivity contribution in [1.82, 2.24) is 4.98 Å². The second kappa shape index (κ2) is 4.82. The molecule has 1 aromatic rings. The fourth-order valence-corrected chi connectivity index (χ4v) is 1.58. The molecule has 0 bridgehead atoms. The van der Waals surface area contributed by atoms with Crippen LogP contribution in [0.15, 0.2) is 12.1 Å². The van der Waals surface area contributed by atoms with E-state index in [9.17, 15) is 0 Å². The van der Waals surface area contributed by atoms with E-state index in [-0.39, 0.29) is 5.41 Å². The number of rotatable bonds is 3. The van der Waals surface area contributed by atoms with Gasteiger partial charge in [0, 0.05) is 13.1 Å². The van der Waals surface area contributed by atoms with Crippen molar-refractivity contribution in [1.29, 1.82) is 0 Å². The molecule has 0 fully saturated rings. The molecule has 1 rings (SSSR count). The highest BCUT2D eigenvalue weighted by molar-refractivity contribution is 5.54. The lowest BCUT2D eigenvalue weighted by atomic mass is 9.87. The Morgan fingerprint density at radius 3 is 2.41 bits per heavy atom. The Bertz CT molecular complexity index is 385. The fourth-order valence-electron chi connectivity index (χ4n) is 1.58. The maximum Gasteiger partial charge on any atom is 0.238 e. The van der Waals surface area contributed by atoms with Gasteiger partial charge in [0.2, 0.25) is 5.88 Å². The topological polar surface area (TPSA) is 51.4 Å². The van der Waals surface area contributed by atoms with Crippen molar-refractivity contribution in [2.24, 2.45) is 5.41 Å². The van der Waals surface area contributed by atoms with E-state index in [2.05, 4.69) is 37.6 Å². The first kappa shape index (κ1) is 13.6. The van der Waals surface area contributed by atoms with Gasteiger partial charge in [-0.05, 0) is 24.5 Å². The minimum absolute atomic E-state index is 0.186. The number of nitrogens with two attached hydrogens (primary N) is 1. The van der Waals surface area contributed by atoms with Gasteiger partial charge in [-0.15, -0.1) is 0 Å². The molecule has 2 N–H and O–H groups in total. The standard InChI is InChI=1S/C13H23N3O/c1-9(13(2,3)4)16(5)11-8-7-10(14)12(15-11)17-6/h7-9H,14H2,1-6H3. The molecule has 4 nitrogen and oxygen atoms in total. The van der Waals surface area contributed by atoms with Gasteiger partial charge in [-0.3, -0.25) is 0 Å². The normalized spacial score (nSPS) is 13.3. The molecule has 0 aromatic carbocycles. The molecule has 0 aliphatic carbocycles. The first-order chi connectivity index (χ1) is 7.77.